The van der Waals surface area contributed by atoms with Gasteiger partial charge in [-0.3, -0.25) is 9.78 Å². The summed E-state index contributed by atoms with van der Waals surface area (Å²) in [6.07, 6.45) is 5.47. The number of carbonyl (C=O) groups excluding carboxylic acids is 1. The Kier molecular flexibility index (Phi) is 6.90. The van der Waals surface area contributed by atoms with E-state index in [0.29, 0.717) is 24.4 Å². The molecule has 0 saturated heterocycles. The SMILES string of the molecule is C=CCC(O)(CC=C)[C@H](C)NC(=O)c1cc(COc2ccc(C)nc2)on1. The molecule has 0 saturated carbocycles. The second-order valence-electron chi connectivity index (χ2n) is 6.39. The summed E-state index contributed by atoms with van der Waals surface area (Å²) in [6, 6.07) is 4.61. The number of hydrogen-bond donors (Lipinski definition) is 2. The van der Waals surface area contributed by atoms with Crippen molar-refractivity contribution in [1.29, 1.82) is 0 Å². The van der Waals surface area contributed by atoms with Crippen molar-refractivity contribution < 1.29 is 19.2 Å². The lowest BCUT2D eigenvalue weighted by atomic mass is 9.88. The largest absolute Gasteiger partial charge is 0.484 e. The van der Waals surface area contributed by atoms with Gasteiger partial charge in [-0.05, 0) is 38.8 Å². The lowest BCUT2D eigenvalue weighted by molar-refractivity contribution is 0.0126. The third kappa shape index (κ3) is 5.52. The van der Waals surface area contributed by atoms with Crippen LogP contribution in [0, 0.1) is 6.92 Å². The van der Waals surface area contributed by atoms with Crippen molar-refractivity contribution in [3.63, 3.8) is 0 Å². The highest BCUT2D eigenvalue weighted by atomic mass is 16.5. The fourth-order valence-corrected chi connectivity index (χ4v) is 2.52. The second kappa shape index (κ2) is 9.14. The molecule has 2 heterocycles. The summed E-state index contributed by atoms with van der Waals surface area (Å²) in [4.78, 5) is 16.5. The minimum Gasteiger partial charge on any atom is -0.484 e. The molecule has 0 aliphatic rings. The van der Waals surface area contributed by atoms with Crippen molar-refractivity contribution >= 4 is 5.91 Å². The lowest BCUT2D eigenvalue weighted by Gasteiger charge is -2.32. The number of carbonyl (C=O) groups is 1. The molecule has 0 radical (unpaired) electrons. The molecular weight excluding hydrogens is 346 g/mol. The number of aliphatic hydroxyl groups is 1. The van der Waals surface area contributed by atoms with E-state index >= 15 is 0 Å². The highest BCUT2D eigenvalue weighted by Gasteiger charge is 2.33. The third-order valence-corrected chi connectivity index (χ3v) is 4.21. The van der Waals surface area contributed by atoms with E-state index in [9.17, 15) is 9.90 Å². The minimum atomic E-state index is -1.16. The molecule has 0 unspecified atom stereocenters. The van der Waals surface area contributed by atoms with Gasteiger partial charge in [0.25, 0.3) is 5.91 Å². The lowest BCUT2D eigenvalue weighted by Crippen LogP contribution is -2.50. The van der Waals surface area contributed by atoms with Gasteiger partial charge in [-0.15, -0.1) is 13.2 Å². The first kappa shape index (κ1) is 20.4. The molecule has 144 valence electrons. The monoisotopic (exact) mass is 371 g/mol. The van der Waals surface area contributed by atoms with E-state index in [1.165, 1.54) is 6.07 Å². The normalized spacial score (nSPS) is 12.3. The number of aryl methyl sites for hydroxylation is 1. The topological polar surface area (TPSA) is 97.5 Å². The molecular formula is C20H25N3O4. The van der Waals surface area contributed by atoms with Gasteiger partial charge in [0.2, 0.25) is 0 Å². The molecule has 0 spiro atoms. The average molecular weight is 371 g/mol. The Labute approximate surface area is 158 Å². The summed E-state index contributed by atoms with van der Waals surface area (Å²) in [7, 11) is 0. The van der Waals surface area contributed by atoms with Crippen LogP contribution in [0.4, 0.5) is 0 Å². The second-order valence-corrected chi connectivity index (χ2v) is 6.39. The highest BCUT2D eigenvalue weighted by molar-refractivity contribution is 5.92. The van der Waals surface area contributed by atoms with Crippen LogP contribution in [0.1, 0.15) is 41.7 Å². The van der Waals surface area contributed by atoms with E-state index < -0.39 is 17.6 Å². The molecule has 0 aliphatic carbocycles. The van der Waals surface area contributed by atoms with Gasteiger partial charge in [0.05, 0.1) is 17.8 Å². The van der Waals surface area contributed by atoms with Crippen LogP contribution in [0.25, 0.3) is 0 Å². The standard InChI is InChI=1S/C20H25N3O4/c1-5-9-20(25,10-6-2)15(4)22-19(24)18-11-17(27-23-18)13-26-16-8-7-14(3)21-12-16/h5-8,11-12,15,25H,1-2,9-10,13H2,3-4H3,(H,22,24)/t15-/m0/s1. The fraction of sp³-hybridized carbons (Fsp3) is 0.350. The molecule has 0 bridgehead atoms. The van der Waals surface area contributed by atoms with Gasteiger partial charge < -0.3 is 19.7 Å². The molecule has 1 atom stereocenters. The number of amides is 1. The maximum absolute atomic E-state index is 12.4. The van der Waals surface area contributed by atoms with Crippen LogP contribution in [0.2, 0.25) is 0 Å². The first-order valence-electron chi connectivity index (χ1n) is 8.64. The number of pyridine rings is 1. The Morgan fingerprint density at radius 1 is 1.41 bits per heavy atom. The molecule has 0 fully saturated rings. The molecule has 0 aromatic carbocycles. The summed E-state index contributed by atoms with van der Waals surface area (Å²) in [5.41, 5.74) is -0.155. The van der Waals surface area contributed by atoms with Crippen molar-refractivity contribution in [2.75, 3.05) is 0 Å². The molecule has 7 heteroatoms. The fourth-order valence-electron chi connectivity index (χ4n) is 2.52. The number of ether oxygens (including phenoxy) is 1. The highest BCUT2D eigenvalue weighted by Crippen LogP contribution is 2.21. The van der Waals surface area contributed by atoms with Crippen molar-refractivity contribution in [2.24, 2.45) is 0 Å². The Bertz CT molecular complexity index is 773. The van der Waals surface area contributed by atoms with Crippen LogP contribution in [0.15, 0.2) is 54.2 Å². The Morgan fingerprint density at radius 2 is 2.11 bits per heavy atom. The molecule has 2 aromatic heterocycles. The summed E-state index contributed by atoms with van der Waals surface area (Å²) < 4.78 is 10.7. The van der Waals surface area contributed by atoms with Gasteiger partial charge in [0.1, 0.15) is 12.4 Å². The van der Waals surface area contributed by atoms with Crippen LogP contribution in [0.5, 0.6) is 5.75 Å². The summed E-state index contributed by atoms with van der Waals surface area (Å²) in [5, 5.41) is 17.2. The summed E-state index contributed by atoms with van der Waals surface area (Å²) in [5.74, 6) is 0.553. The van der Waals surface area contributed by atoms with Crippen LogP contribution in [-0.4, -0.2) is 32.8 Å². The molecule has 2 aromatic rings. The van der Waals surface area contributed by atoms with E-state index in [0.717, 1.165) is 5.69 Å². The predicted octanol–water partition coefficient (Wildman–Crippen LogP) is 2.96. The Hall–Kier alpha value is -2.93. The summed E-state index contributed by atoms with van der Waals surface area (Å²) in [6.45, 7) is 11.0. The van der Waals surface area contributed by atoms with Crippen molar-refractivity contribution in [3.8, 4) is 5.75 Å². The number of hydrogen-bond acceptors (Lipinski definition) is 6. The van der Waals surface area contributed by atoms with E-state index in [4.69, 9.17) is 9.26 Å². The first-order chi connectivity index (χ1) is 12.9. The number of rotatable bonds is 10. The zero-order valence-electron chi connectivity index (χ0n) is 15.6. The van der Waals surface area contributed by atoms with Crippen LogP contribution in [0.3, 0.4) is 0 Å². The Morgan fingerprint density at radius 3 is 2.70 bits per heavy atom. The van der Waals surface area contributed by atoms with Gasteiger partial charge in [-0.1, -0.05) is 17.3 Å². The average Bonchev–Trinajstić information content (AvgIpc) is 3.11. The van der Waals surface area contributed by atoms with Crippen LogP contribution < -0.4 is 10.1 Å². The predicted molar refractivity (Wildman–Crippen MR) is 101 cm³/mol. The van der Waals surface area contributed by atoms with E-state index in [2.05, 4.69) is 28.6 Å². The number of nitrogens with zero attached hydrogens (tertiary/aromatic N) is 2. The van der Waals surface area contributed by atoms with Crippen LogP contribution >= 0.6 is 0 Å². The molecule has 0 aliphatic heterocycles. The van der Waals surface area contributed by atoms with Crippen LogP contribution in [-0.2, 0) is 6.61 Å². The zero-order chi connectivity index (χ0) is 19.9. The maximum atomic E-state index is 12.4. The van der Waals surface area contributed by atoms with Gasteiger partial charge in [-0.25, -0.2) is 0 Å². The molecule has 2 rings (SSSR count). The van der Waals surface area contributed by atoms with Gasteiger partial charge in [0.15, 0.2) is 11.5 Å². The zero-order valence-corrected chi connectivity index (χ0v) is 15.6. The molecule has 7 nitrogen and oxygen atoms in total. The molecule has 1 amide bonds. The van der Waals surface area contributed by atoms with Gasteiger partial charge in [0, 0.05) is 11.8 Å². The molecule has 27 heavy (non-hydrogen) atoms. The maximum Gasteiger partial charge on any atom is 0.273 e. The third-order valence-electron chi connectivity index (χ3n) is 4.21. The van der Waals surface area contributed by atoms with Gasteiger partial charge in [-0.2, -0.15) is 0 Å². The van der Waals surface area contributed by atoms with Gasteiger partial charge >= 0.3 is 0 Å². The van der Waals surface area contributed by atoms with Crippen molar-refractivity contribution in [3.05, 3.63) is 66.9 Å². The van der Waals surface area contributed by atoms with E-state index in [-0.39, 0.29) is 12.3 Å². The van der Waals surface area contributed by atoms with Crippen molar-refractivity contribution in [1.82, 2.24) is 15.5 Å². The number of aromatic nitrogens is 2. The minimum absolute atomic E-state index is 0.113. The first-order valence-corrected chi connectivity index (χ1v) is 8.64. The summed E-state index contributed by atoms with van der Waals surface area (Å²) >= 11 is 0. The van der Waals surface area contributed by atoms with E-state index in [1.54, 1.807) is 31.3 Å². The number of nitrogens with one attached hydrogen (secondary N) is 1. The quantitative estimate of drug-likeness (QED) is 0.623. The van der Waals surface area contributed by atoms with Crippen molar-refractivity contribution in [2.45, 2.75) is 44.9 Å². The molecule has 2 N–H and O–H groups in total. The van der Waals surface area contributed by atoms with E-state index in [1.807, 2.05) is 13.0 Å². The smallest absolute Gasteiger partial charge is 0.273 e. The Balaban J connectivity index is 1.96.